The molecule has 2 rings (SSSR count). The van der Waals surface area contributed by atoms with E-state index in [4.69, 9.17) is 4.74 Å². The minimum absolute atomic E-state index is 0.535. The summed E-state index contributed by atoms with van der Waals surface area (Å²) in [5.74, 6) is 1.12. The van der Waals surface area contributed by atoms with Crippen molar-refractivity contribution in [3.63, 3.8) is 0 Å². The SMILES string of the molecule is CCn1ccnc1CNCCCOC1CCCCC1. The average Bonchev–Trinajstić information content (AvgIpc) is 2.91. The van der Waals surface area contributed by atoms with Crippen molar-refractivity contribution < 1.29 is 4.74 Å². The van der Waals surface area contributed by atoms with Crippen LogP contribution in [0.15, 0.2) is 12.4 Å². The normalized spacial score (nSPS) is 16.9. The van der Waals surface area contributed by atoms with Gasteiger partial charge in [0.15, 0.2) is 0 Å². The van der Waals surface area contributed by atoms with Crippen LogP contribution in [0.1, 0.15) is 51.3 Å². The fourth-order valence-electron chi connectivity index (χ4n) is 2.67. The van der Waals surface area contributed by atoms with Crippen LogP contribution in [0.2, 0.25) is 0 Å². The molecule has 4 heteroatoms. The molecule has 4 nitrogen and oxygen atoms in total. The molecule has 19 heavy (non-hydrogen) atoms. The van der Waals surface area contributed by atoms with Gasteiger partial charge in [0.05, 0.1) is 12.6 Å². The third-order valence-electron chi connectivity index (χ3n) is 3.83. The first kappa shape index (κ1) is 14.5. The summed E-state index contributed by atoms with van der Waals surface area (Å²) in [6.07, 6.45) is 12.1. The molecule has 1 aromatic heterocycles. The summed E-state index contributed by atoms with van der Waals surface area (Å²) in [5, 5.41) is 3.44. The first-order valence-electron chi connectivity index (χ1n) is 7.72. The lowest BCUT2D eigenvalue weighted by Crippen LogP contribution is -2.21. The molecule has 0 radical (unpaired) electrons. The summed E-state index contributed by atoms with van der Waals surface area (Å²) in [5.41, 5.74) is 0. The molecule has 1 N–H and O–H groups in total. The number of hydrogen-bond acceptors (Lipinski definition) is 3. The number of ether oxygens (including phenoxy) is 1. The molecule has 0 unspecified atom stereocenters. The minimum atomic E-state index is 0.535. The Morgan fingerprint density at radius 3 is 3.00 bits per heavy atom. The van der Waals surface area contributed by atoms with Crippen molar-refractivity contribution >= 4 is 0 Å². The Kier molecular flexibility index (Phi) is 6.37. The standard InChI is InChI=1S/C15H27N3O/c1-2-18-11-10-17-15(18)13-16-9-6-12-19-14-7-4-3-5-8-14/h10-11,14,16H,2-9,12-13H2,1H3. The molecule has 0 bridgehead atoms. The van der Waals surface area contributed by atoms with E-state index in [1.807, 2.05) is 12.4 Å². The Labute approximate surface area is 116 Å². The first-order valence-corrected chi connectivity index (χ1v) is 7.72. The second-order valence-corrected chi connectivity index (χ2v) is 5.29. The molecule has 0 atom stereocenters. The molecule has 1 aromatic rings. The van der Waals surface area contributed by atoms with Crippen molar-refractivity contribution in [2.45, 2.75) is 64.6 Å². The second-order valence-electron chi connectivity index (χ2n) is 5.29. The van der Waals surface area contributed by atoms with Crippen LogP contribution in [0.4, 0.5) is 0 Å². The fraction of sp³-hybridized carbons (Fsp3) is 0.800. The molecular formula is C15H27N3O. The van der Waals surface area contributed by atoms with Crippen molar-refractivity contribution in [3.05, 3.63) is 18.2 Å². The quantitative estimate of drug-likeness (QED) is 0.735. The molecule has 0 saturated heterocycles. The van der Waals surface area contributed by atoms with Crippen LogP contribution >= 0.6 is 0 Å². The van der Waals surface area contributed by atoms with Gasteiger partial charge in [-0.05, 0) is 32.7 Å². The highest BCUT2D eigenvalue weighted by molar-refractivity contribution is 4.91. The molecule has 1 heterocycles. The molecule has 0 amide bonds. The number of aryl methyl sites for hydroxylation is 1. The highest BCUT2D eigenvalue weighted by Gasteiger charge is 2.12. The van der Waals surface area contributed by atoms with Crippen LogP contribution in [-0.2, 0) is 17.8 Å². The van der Waals surface area contributed by atoms with Crippen LogP contribution in [0.5, 0.6) is 0 Å². The Morgan fingerprint density at radius 2 is 2.21 bits per heavy atom. The van der Waals surface area contributed by atoms with Gasteiger partial charge in [-0.2, -0.15) is 0 Å². The maximum Gasteiger partial charge on any atom is 0.122 e. The zero-order valence-corrected chi connectivity index (χ0v) is 12.1. The molecule has 1 aliphatic rings. The number of nitrogens with zero attached hydrogens (tertiary/aromatic N) is 2. The van der Waals surface area contributed by atoms with Gasteiger partial charge >= 0.3 is 0 Å². The molecule has 1 saturated carbocycles. The maximum absolute atomic E-state index is 5.90. The second kappa shape index (κ2) is 8.33. The zero-order chi connectivity index (χ0) is 13.3. The third kappa shape index (κ3) is 4.96. The Balaban J connectivity index is 1.50. The predicted octanol–water partition coefficient (Wildman–Crippen LogP) is 2.73. The third-order valence-corrected chi connectivity index (χ3v) is 3.83. The van der Waals surface area contributed by atoms with E-state index in [1.54, 1.807) is 0 Å². The maximum atomic E-state index is 5.90. The van der Waals surface area contributed by atoms with Gasteiger partial charge in [-0.25, -0.2) is 4.98 Å². The van der Waals surface area contributed by atoms with Crippen molar-refractivity contribution in [2.75, 3.05) is 13.2 Å². The van der Waals surface area contributed by atoms with Gasteiger partial charge in [-0.15, -0.1) is 0 Å². The molecule has 1 fully saturated rings. The van der Waals surface area contributed by atoms with Crippen molar-refractivity contribution in [3.8, 4) is 0 Å². The Bertz CT molecular complexity index is 345. The van der Waals surface area contributed by atoms with Crippen LogP contribution in [-0.4, -0.2) is 28.8 Å². The molecule has 0 aliphatic heterocycles. The summed E-state index contributed by atoms with van der Waals surface area (Å²) in [4.78, 5) is 4.35. The van der Waals surface area contributed by atoms with E-state index in [1.165, 1.54) is 32.1 Å². The number of imidazole rings is 1. The van der Waals surface area contributed by atoms with Gasteiger partial charge in [0, 0.05) is 25.5 Å². The predicted molar refractivity (Wildman–Crippen MR) is 77.0 cm³/mol. The van der Waals surface area contributed by atoms with Gasteiger partial charge < -0.3 is 14.6 Å². The van der Waals surface area contributed by atoms with Crippen LogP contribution in [0.3, 0.4) is 0 Å². The summed E-state index contributed by atoms with van der Waals surface area (Å²) < 4.78 is 8.08. The topological polar surface area (TPSA) is 39.1 Å². The number of nitrogens with one attached hydrogen (secondary N) is 1. The number of aromatic nitrogens is 2. The largest absolute Gasteiger partial charge is 0.378 e. The van der Waals surface area contributed by atoms with Crippen LogP contribution in [0, 0.1) is 0 Å². The van der Waals surface area contributed by atoms with E-state index < -0.39 is 0 Å². The van der Waals surface area contributed by atoms with Crippen molar-refractivity contribution in [2.24, 2.45) is 0 Å². The Morgan fingerprint density at radius 1 is 1.37 bits per heavy atom. The van der Waals surface area contributed by atoms with Crippen molar-refractivity contribution in [1.82, 2.24) is 14.9 Å². The Hall–Kier alpha value is -0.870. The highest BCUT2D eigenvalue weighted by Crippen LogP contribution is 2.20. The lowest BCUT2D eigenvalue weighted by atomic mass is 9.98. The molecule has 108 valence electrons. The van der Waals surface area contributed by atoms with E-state index in [-0.39, 0.29) is 0 Å². The molecule has 0 aromatic carbocycles. The van der Waals surface area contributed by atoms with E-state index in [9.17, 15) is 0 Å². The average molecular weight is 265 g/mol. The van der Waals surface area contributed by atoms with E-state index in [0.717, 1.165) is 38.5 Å². The summed E-state index contributed by atoms with van der Waals surface area (Å²) in [6, 6.07) is 0. The summed E-state index contributed by atoms with van der Waals surface area (Å²) >= 11 is 0. The molecule has 1 aliphatic carbocycles. The molecular weight excluding hydrogens is 238 g/mol. The lowest BCUT2D eigenvalue weighted by Gasteiger charge is -2.21. The summed E-state index contributed by atoms with van der Waals surface area (Å²) in [6.45, 7) is 5.87. The van der Waals surface area contributed by atoms with Gasteiger partial charge in [-0.1, -0.05) is 19.3 Å². The lowest BCUT2D eigenvalue weighted by molar-refractivity contribution is 0.0273. The fourth-order valence-corrected chi connectivity index (χ4v) is 2.67. The van der Waals surface area contributed by atoms with Crippen LogP contribution in [0.25, 0.3) is 0 Å². The minimum Gasteiger partial charge on any atom is -0.378 e. The summed E-state index contributed by atoms with van der Waals surface area (Å²) in [7, 11) is 0. The highest BCUT2D eigenvalue weighted by atomic mass is 16.5. The number of hydrogen-bond donors (Lipinski definition) is 1. The monoisotopic (exact) mass is 265 g/mol. The van der Waals surface area contributed by atoms with Crippen molar-refractivity contribution in [1.29, 1.82) is 0 Å². The van der Waals surface area contributed by atoms with E-state index in [2.05, 4.69) is 21.8 Å². The van der Waals surface area contributed by atoms with E-state index >= 15 is 0 Å². The number of rotatable bonds is 8. The van der Waals surface area contributed by atoms with Gasteiger partial charge in [-0.3, -0.25) is 0 Å². The van der Waals surface area contributed by atoms with E-state index in [0.29, 0.717) is 6.10 Å². The zero-order valence-electron chi connectivity index (χ0n) is 12.1. The first-order chi connectivity index (χ1) is 9.40. The smallest absolute Gasteiger partial charge is 0.122 e. The molecule has 0 spiro atoms. The van der Waals surface area contributed by atoms with Gasteiger partial charge in [0.1, 0.15) is 5.82 Å². The van der Waals surface area contributed by atoms with Crippen LogP contribution < -0.4 is 5.32 Å². The van der Waals surface area contributed by atoms with Gasteiger partial charge in [0.25, 0.3) is 0 Å². The van der Waals surface area contributed by atoms with Gasteiger partial charge in [0.2, 0.25) is 0 Å².